The van der Waals surface area contributed by atoms with E-state index in [1.54, 1.807) is 40.9 Å². The molecular weight excluding hydrogens is 427 g/mol. The molecule has 0 aliphatic carbocycles. The SMILES string of the molecule is CCn1c(CSc2nc3ccccc3s2)nnc1SCc1ccc(OC)c(F)c1. The lowest BCUT2D eigenvalue weighted by molar-refractivity contribution is 0.386. The molecule has 0 aliphatic heterocycles. The molecule has 2 aromatic heterocycles. The Morgan fingerprint density at radius 1 is 1.10 bits per heavy atom. The van der Waals surface area contributed by atoms with Gasteiger partial charge < -0.3 is 9.30 Å². The van der Waals surface area contributed by atoms with Crippen LogP contribution in [-0.4, -0.2) is 26.9 Å². The Bertz CT molecular complexity index is 1100. The second kappa shape index (κ2) is 9.15. The maximum absolute atomic E-state index is 13.9. The van der Waals surface area contributed by atoms with Crippen LogP contribution in [0, 0.1) is 5.82 Å². The van der Waals surface area contributed by atoms with Gasteiger partial charge in [0.05, 0.1) is 23.1 Å². The number of nitrogens with zero attached hydrogens (tertiary/aromatic N) is 4. The van der Waals surface area contributed by atoms with Crippen LogP contribution in [0.4, 0.5) is 4.39 Å². The smallest absolute Gasteiger partial charge is 0.191 e. The molecule has 2 aromatic carbocycles. The summed E-state index contributed by atoms with van der Waals surface area (Å²) >= 11 is 4.92. The first-order chi connectivity index (χ1) is 14.2. The Labute approximate surface area is 180 Å². The molecule has 0 fully saturated rings. The van der Waals surface area contributed by atoms with Crippen molar-refractivity contribution in [3.8, 4) is 5.75 Å². The van der Waals surface area contributed by atoms with Crippen LogP contribution in [0.3, 0.4) is 0 Å². The number of hydrogen-bond donors (Lipinski definition) is 0. The van der Waals surface area contributed by atoms with Crippen molar-refractivity contribution in [1.82, 2.24) is 19.7 Å². The monoisotopic (exact) mass is 446 g/mol. The molecule has 0 atom stereocenters. The summed E-state index contributed by atoms with van der Waals surface area (Å²) in [5.74, 6) is 2.14. The molecule has 150 valence electrons. The van der Waals surface area contributed by atoms with Gasteiger partial charge in [0, 0.05) is 12.3 Å². The topological polar surface area (TPSA) is 52.8 Å². The molecule has 5 nitrogen and oxygen atoms in total. The normalized spacial score (nSPS) is 11.3. The number of fused-ring (bicyclic) bond motifs is 1. The number of halogens is 1. The van der Waals surface area contributed by atoms with Crippen LogP contribution in [0.2, 0.25) is 0 Å². The quantitative estimate of drug-likeness (QED) is 0.327. The van der Waals surface area contributed by atoms with Crippen molar-refractivity contribution in [2.45, 2.75) is 34.5 Å². The van der Waals surface area contributed by atoms with Crippen LogP contribution in [-0.2, 0) is 18.1 Å². The van der Waals surface area contributed by atoms with Gasteiger partial charge in [-0.1, -0.05) is 41.7 Å². The summed E-state index contributed by atoms with van der Waals surface area (Å²) in [4.78, 5) is 4.66. The number of thiazole rings is 1. The highest BCUT2D eigenvalue weighted by Crippen LogP contribution is 2.32. The van der Waals surface area contributed by atoms with Crippen LogP contribution in [0.1, 0.15) is 18.3 Å². The van der Waals surface area contributed by atoms with Gasteiger partial charge in [-0.3, -0.25) is 0 Å². The first-order valence-corrected chi connectivity index (χ1v) is 11.8. The number of ether oxygens (including phenoxy) is 1. The third kappa shape index (κ3) is 4.57. The number of para-hydroxylation sites is 1. The Morgan fingerprint density at radius 3 is 2.72 bits per heavy atom. The molecule has 0 saturated heterocycles. The van der Waals surface area contributed by atoms with Crippen LogP contribution >= 0.6 is 34.9 Å². The van der Waals surface area contributed by atoms with Crippen LogP contribution in [0.15, 0.2) is 52.0 Å². The average molecular weight is 447 g/mol. The van der Waals surface area contributed by atoms with E-state index in [4.69, 9.17) is 4.74 Å². The van der Waals surface area contributed by atoms with E-state index >= 15 is 0 Å². The van der Waals surface area contributed by atoms with Crippen LogP contribution < -0.4 is 4.74 Å². The Hall–Kier alpha value is -2.10. The van der Waals surface area contributed by atoms with Gasteiger partial charge in [0.15, 0.2) is 21.1 Å². The molecule has 0 aliphatic rings. The fourth-order valence-corrected chi connectivity index (χ4v) is 5.81. The van der Waals surface area contributed by atoms with Crippen molar-refractivity contribution in [2.75, 3.05) is 7.11 Å². The summed E-state index contributed by atoms with van der Waals surface area (Å²) < 4.78 is 23.2. The van der Waals surface area contributed by atoms with Crippen LogP contribution in [0.5, 0.6) is 5.75 Å². The highest BCUT2D eigenvalue weighted by Gasteiger charge is 2.14. The van der Waals surface area contributed by atoms with Crippen molar-refractivity contribution in [3.63, 3.8) is 0 Å². The van der Waals surface area contributed by atoms with E-state index in [0.29, 0.717) is 11.5 Å². The Balaban J connectivity index is 1.42. The van der Waals surface area contributed by atoms with E-state index in [-0.39, 0.29) is 11.6 Å². The molecule has 2 heterocycles. The van der Waals surface area contributed by atoms with E-state index in [1.807, 2.05) is 24.3 Å². The summed E-state index contributed by atoms with van der Waals surface area (Å²) in [6.45, 7) is 2.86. The van der Waals surface area contributed by atoms with Crippen molar-refractivity contribution >= 4 is 45.1 Å². The fraction of sp³-hybridized carbons (Fsp3) is 0.250. The van der Waals surface area contributed by atoms with Crippen molar-refractivity contribution in [2.24, 2.45) is 0 Å². The first-order valence-electron chi connectivity index (χ1n) is 9.03. The van der Waals surface area contributed by atoms with Gasteiger partial charge in [-0.25, -0.2) is 9.37 Å². The molecule has 0 bridgehead atoms. The predicted molar refractivity (Wildman–Crippen MR) is 117 cm³/mol. The minimum absolute atomic E-state index is 0.254. The van der Waals surface area contributed by atoms with Crippen molar-refractivity contribution in [1.29, 1.82) is 0 Å². The zero-order valence-corrected chi connectivity index (χ0v) is 18.4. The third-order valence-electron chi connectivity index (χ3n) is 4.29. The standard InChI is InChI=1S/C20H19FN4OS3/c1-3-25-18(12-28-20-22-15-6-4-5-7-17(15)29-20)23-24-19(25)27-11-13-8-9-16(26-2)14(21)10-13/h4-10H,3,11-12H2,1-2H3. The summed E-state index contributed by atoms with van der Waals surface area (Å²) in [6, 6.07) is 13.2. The fourth-order valence-electron chi connectivity index (χ4n) is 2.84. The summed E-state index contributed by atoms with van der Waals surface area (Å²) in [5.41, 5.74) is 1.91. The molecule has 9 heteroatoms. The molecule has 0 spiro atoms. The average Bonchev–Trinajstić information content (AvgIpc) is 3.33. The number of aromatic nitrogens is 4. The summed E-state index contributed by atoms with van der Waals surface area (Å²) in [7, 11) is 1.46. The Morgan fingerprint density at radius 2 is 1.97 bits per heavy atom. The number of methoxy groups -OCH3 is 1. The maximum Gasteiger partial charge on any atom is 0.191 e. The lowest BCUT2D eigenvalue weighted by Gasteiger charge is -2.07. The van der Waals surface area contributed by atoms with E-state index in [1.165, 1.54) is 17.9 Å². The molecule has 4 rings (SSSR count). The van der Waals surface area contributed by atoms with E-state index in [2.05, 4.69) is 32.7 Å². The summed E-state index contributed by atoms with van der Waals surface area (Å²) in [5, 5.41) is 9.54. The van der Waals surface area contributed by atoms with Gasteiger partial charge in [0.1, 0.15) is 5.82 Å². The number of benzene rings is 2. The zero-order chi connectivity index (χ0) is 20.2. The number of thioether (sulfide) groups is 2. The van der Waals surface area contributed by atoms with Gasteiger partial charge in [-0.15, -0.1) is 21.5 Å². The molecule has 0 radical (unpaired) electrons. The lowest BCUT2D eigenvalue weighted by atomic mass is 10.2. The van der Waals surface area contributed by atoms with E-state index < -0.39 is 0 Å². The van der Waals surface area contributed by atoms with E-state index in [0.717, 1.165) is 32.9 Å². The van der Waals surface area contributed by atoms with Gasteiger partial charge in [0.2, 0.25) is 0 Å². The largest absolute Gasteiger partial charge is 0.494 e. The zero-order valence-electron chi connectivity index (χ0n) is 16.0. The molecule has 0 N–H and O–H groups in total. The third-order valence-corrected chi connectivity index (χ3v) is 7.51. The van der Waals surface area contributed by atoms with Gasteiger partial charge in [-0.05, 0) is 36.8 Å². The molecule has 4 aromatic rings. The van der Waals surface area contributed by atoms with Gasteiger partial charge in [-0.2, -0.15) is 0 Å². The number of rotatable bonds is 8. The van der Waals surface area contributed by atoms with Gasteiger partial charge >= 0.3 is 0 Å². The van der Waals surface area contributed by atoms with Gasteiger partial charge in [0.25, 0.3) is 0 Å². The minimum atomic E-state index is -0.351. The highest BCUT2D eigenvalue weighted by atomic mass is 32.2. The predicted octanol–water partition coefficient (Wildman–Crippen LogP) is 5.64. The second-order valence-electron chi connectivity index (χ2n) is 6.14. The number of hydrogen-bond acceptors (Lipinski definition) is 7. The lowest BCUT2D eigenvalue weighted by Crippen LogP contribution is -2.02. The van der Waals surface area contributed by atoms with Crippen molar-refractivity contribution in [3.05, 3.63) is 59.7 Å². The van der Waals surface area contributed by atoms with Crippen LogP contribution in [0.25, 0.3) is 10.2 Å². The minimum Gasteiger partial charge on any atom is -0.494 e. The highest BCUT2D eigenvalue weighted by molar-refractivity contribution is 8.00. The second-order valence-corrected chi connectivity index (χ2v) is 9.33. The molecule has 0 unspecified atom stereocenters. The van der Waals surface area contributed by atoms with E-state index in [9.17, 15) is 4.39 Å². The van der Waals surface area contributed by atoms with Crippen molar-refractivity contribution < 1.29 is 9.13 Å². The molecular formula is C20H19FN4OS3. The molecule has 29 heavy (non-hydrogen) atoms. The maximum atomic E-state index is 13.9. The Kier molecular flexibility index (Phi) is 6.37. The summed E-state index contributed by atoms with van der Waals surface area (Å²) in [6.07, 6.45) is 0. The molecule has 0 amide bonds. The first kappa shape index (κ1) is 20.2. The molecule has 0 saturated carbocycles.